The van der Waals surface area contributed by atoms with Crippen molar-refractivity contribution in [3.63, 3.8) is 0 Å². The Balaban J connectivity index is 0.00000225. The van der Waals surface area contributed by atoms with Gasteiger partial charge in [0.15, 0.2) is 5.96 Å². The molecule has 6 nitrogen and oxygen atoms in total. The second kappa shape index (κ2) is 8.88. The van der Waals surface area contributed by atoms with E-state index in [9.17, 15) is 9.90 Å². The zero-order valence-electron chi connectivity index (χ0n) is 15.4. The number of hydrogen-bond acceptors (Lipinski definition) is 3. The molecule has 3 rings (SSSR count). The molecular weight excluding hydrogens is 431 g/mol. The average molecular weight is 464 g/mol. The Bertz CT molecular complexity index is 493. The van der Waals surface area contributed by atoms with Gasteiger partial charge in [0.05, 0.1) is 12.1 Å². The van der Waals surface area contributed by atoms with Crippen LogP contribution in [0.5, 0.6) is 0 Å². The zero-order valence-corrected chi connectivity index (χ0v) is 17.7. The zero-order chi connectivity index (χ0) is 17.0. The minimum absolute atomic E-state index is 0. The van der Waals surface area contributed by atoms with Gasteiger partial charge in [-0.25, -0.2) is 0 Å². The number of rotatable bonds is 3. The molecule has 1 atom stereocenters. The lowest BCUT2D eigenvalue weighted by molar-refractivity contribution is -0.119. The van der Waals surface area contributed by atoms with Crippen LogP contribution in [0.3, 0.4) is 0 Å². The van der Waals surface area contributed by atoms with Crippen LogP contribution in [-0.4, -0.2) is 60.2 Å². The van der Waals surface area contributed by atoms with Crippen molar-refractivity contribution in [3.8, 4) is 0 Å². The second-order valence-corrected chi connectivity index (χ2v) is 7.93. The van der Waals surface area contributed by atoms with Crippen LogP contribution < -0.4 is 10.6 Å². The summed E-state index contributed by atoms with van der Waals surface area (Å²) in [6, 6.07) is 0. The Morgan fingerprint density at radius 1 is 1.28 bits per heavy atom. The van der Waals surface area contributed by atoms with Crippen molar-refractivity contribution in [2.75, 3.05) is 32.7 Å². The quantitative estimate of drug-likeness (QED) is 0.339. The van der Waals surface area contributed by atoms with Gasteiger partial charge in [-0.05, 0) is 32.6 Å². The van der Waals surface area contributed by atoms with Crippen LogP contribution in [-0.2, 0) is 4.79 Å². The van der Waals surface area contributed by atoms with Crippen molar-refractivity contribution < 1.29 is 9.90 Å². The summed E-state index contributed by atoms with van der Waals surface area (Å²) in [5, 5.41) is 17.1. The van der Waals surface area contributed by atoms with Gasteiger partial charge in [-0.3, -0.25) is 9.79 Å². The third-order valence-corrected chi connectivity index (χ3v) is 5.80. The fourth-order valence-electron chi connectivity index (χ4n) is 4.44. The van der Waals surface area contributed by atoms with Gasteiger partial charge in [0.25, 0.3) is 0 Å². The Labute approximate surface area is 168 Å². The molecule has 1 unspecified atom stereocenters. The Morgan fingerprint density at radius 3 is 2.68 bits per heavy atom. The molecule has 2 saturated heterocycles. The molecule has 0 aromatic heterocycles. The molecule has 3 aliphatic rings. The number of hydrogen-bond donors (Lipinski definition) is 3. The van der Waals surface area contributed by atoms with Crippen LogP contribution in [0.4, 0.5) is 0 Å². The van der Waals surface area contributed by atoms with E-state index in [2.05, 4.69) is 22.5 Å². The molecule has 1 spiro atoms. The average Bonchev–Trinajstić information content (AvgIpc) is 2.92. The van der Waals surface area contributed by atoms with Gasteiger partial charge in [0.2, 0.25) is 5.91 Å². The van der Waals surface area contributed by atoms with E-state index in [4.69, 9.17) is 4.99 Å². The number of amides is 1. The predicted octanol–water partition coefficient (Wildman–Crippen LogP) is 1.87. The van der Waals surface area contributed by atoms with Gasteiger partial charge in [-0.1, -0.05) is 19.3 Å². The molecule has 2 aliphatic heterocycles. The number of piperidine rings is 1. The molecule has 0 bridgehead atoms. The third kappa shape index (κ3) is 5.21. The minimum Gasteiger partial charge on any atom is -0.388 e. The van der Waals surface area contributed by atoms with Gasteiger partial charge in [0.1, 0.15) is 0 Å². The van der Waals surface area contributed by atoms with Gasteiger partial charge >= 0.3 is 0 Å². The van der Waals surface area contributed by atoms with E-state index in [1.54, 1.807) is 0 Å². The molecule has 3 fully saturated rings. The molecule has 1 saturated carbocycles. The molecule has 0 aromatic rings. The van der Waals surface area contributed by atoms with Crippen molar-refractivity contribution in [3.05, 3.63) is 0 Å². The van der Waals surface area contributed by atoms with Crippen molar-refractivity contribution in [1.82, 2.24) is 15.5 Å². The highest BCUT2D eigenvalue weighted by Crippen LogP contribution is 2.36. The van der Waals surface area contributed by atoms with Crippen LogP contribution in [0, 0.1) is 5.41 Å². The number of aliphatic imine (C=N–C) groups is 1. The predicted molar refractivity (Wildman–Crippen MR) is 110 cm³/mol. The molecule has 2 heterocycles. The topological polar surface area (TPSA) is 77.0 Å². The highest BCUT2D eigenvalue weighted by atomic mass is 127. The molecule has 7 heteroatoms. The standard InChI is InChI=1S/C18H32N4O2.HI/c1-2-19-16(21-13-18(24)8-4-3-5-9-18)22-10-6-7-17(14-22)11-15(23)20-12-17;/h24H,2-14H2,1H3,(H,19,21)(H,20,23);1H. The number of nitrogens with zero attached hydrogens (tertiary/aromatic N) is 2. The summed E-state index contributed by atoms with van der Waals surface area (Å²) in [6.45, 7) is 6.00. The van der Waals surface area contributed by atoms with E-state index >= 15 is 0 Å². The maximum atomic E-state index is 11.7. The SMILES string of the molecule is CCNC(=NCC1(O)CCCCC1)N1CCCC2(CNC(=O)C2)C1.I. The summed E-state index contributed by atoms with van der Waals surface area (Å²) >= 11 is 0. The molecule has 0 radical (unpaired) electrons. The van der Waals surface area contributed by atoms with Crippen LogP contribution in [0.15, 0.2) is 4.99 Å². The maximum absolute atomic E-state index is 11.7. The molecular formula is C18H33IN4O2. The Hall–Kier alpha value is -0.570. The molecule has 25 heavy (non-hydrogen) atoms. The van der Waals surface area contributed by atoms with Crippen molar-refractivity contribution in [2.24, 2.45) is 10.4 Å². The fourth-order valence-corrected chi connectivity index (χ4v) is 4.44. The van der Waals surface area contributed by atoms with Crippen LogP contribution in [0.2, 0.25) is 0 Å². The first-order valence-corrected chi connectivity index (χ1v) is 9.57. The molecule has 1 aliphatic carbocycles. The van der Waals surface area contributed by atoms with Gasteiger partial charge < -0.3 is 20.6 Å². The first-order chi connectivity index (χ1) is 11.5. The van der Waals surface area contributed by atoms with Gasteiger partial charge in [-0.2, -0.15) is 0 Å². The molecule has 144 valence electrons. The summed E-state index contributed by atoms with van der Waals surface area (Å²) in [5.74, 6) is 1.07. The maximum Gasteiger partial charge on any atom is 0.220 e. The number of guanidine groups is 1. The van der Waals surface area contributed by atoms with E-state index in [1.165, 1.54) is 6.42 Å². The van der Waals surface area contributed by atoms with Gasteiger partial charge in [-0.15, -0.1) is 24.0 Å². The van der Waals surface area contributed by atoms with Crippen molar-refractivity contribution in [1.29, 1.82) is 0 Å². The number of aliphatic hydroxyl groups is 1. The largest absolute Gasteiger partial charge is 0.388 e. The molecule has 0 aromatic carbocycles. The van der Waals surface area contributed by atoms with E-state index < -0.39 is 5.60 Å². The number of halogens is 1. The van der Waals surface area contributed by atoms with E-state index in [0.717, 1.165) is 70.7 Å². The minimum atomic E-state index is -0.628. The number of nitrogens with one attached hydrogen (secondary N) is 2. The van der Waals surface area contributed by atoms with Crippen molar-refractivity contribution >= 4 is 35.8 Å². The Morgan fingerprint density at radius 2 is 2.04 bits per heavy atom. The van der Waals surface area contributed by atoms with Crippen LogP contribution >= 0.6 is 24.0 Å². The summed E-state index contributed by atoms with van der Waals surface area (Å²) < 4.78 is 0. The highest BCUT2D eigenvalue weighted by Gasteiger charge is 2.42. The summed E-state index contributed by atoms with van der Waals surface area (Å²) in [6.07, 6.45) is 7.96. The number of carbonyl (C=O) groups excluding carboxylic acids is 1. The summed E-state index contributed by atoms with van der Waals surface area (Å²) in [7, 11) is 0. The normalized spacial score (nSPS) is 29.3. The van der Waals surface area contributed by atoms with E-state index in [1.807, 2.05) is 0 Å². The second-order valence-electron chi connectivity index (χ2n) is 7.93. The third-order valence-electron chi connectivity index (χ3n) is 5.80. The smallest absolute Gasteiger partial charge is 0.220 e. The first kappa shape index (κ1) is 20.7. The lowest BCUT2D eigenvalue weighted by Gasteiger charge is -2.41. The van der Waals surface area contributed by atoms with Crippen LogP contribution in [0.1, 0.15) is 58.3 Å². The van der Waals surface area contributed by atoms with Crippen LogP contribution in [0.25, 0.3) is 0 Å². The number of likely N-dealkylation sites (tertiary alicyclic amines) is 1. The monoisotopic (exact) mass is 464 g/mol. The highest BCUT2D eigenvalue weighted by molar-refractivity contribution is 14.0. The first-order valence-electron chi connectivity index (χ1n) is 9.57. The lowest BCUT2D eigenvalue weighted by Crippen LogP contribution is -2.51. The fraction of sp³-hybridized carbons (Fsp3) is 0.889. The lowest BCUT2D eigenvalue weighted by atomic mass is 9.79. The van der Waals surface area contributed by atoms with Gasteiger partial charge in [0, 0.05) is 38.0 Å². The molecule has 3 N–H and O–H groups in total. The molecule has 1 amide bonds. The van der Waals surface area contributed by atoms with Crippen molar-refractivity contribution in [2.45, 2.75) is 63.9 Å². The number of carbonyl (C=O) groups is 1. The summed E-state index contributed by atoms with van der Waals surface area (Å²) in [5.41, 5.74) is -0.565. The van der Waals surface area contributed by atoms with E-state index in [-0.39, 0.29) is 35.3 Å². The van der Waals surface area contributed by atoms with E-state index in [0.29, 0.717) is 13.0 Å². The summed E-state index contributed by atoms with van der Waals surface area (Å²) in [4.78, 5) is 18.8. The Kier molecular flexibility index (Phi) is 7.37.